The van der Waals surface area contributed by atoms with Crippen LogP contribution < -0.4 is 5.56 Å². The first-order valence-electron chi connectivity index (χ1n) is 9.09. The highest BCUT2D eigenvalue weighted by molar-refractivity contribution is 7.84. The second kappa shape index (κ2) is 6.54. The molecule has 1 unspecified atom stereocenters. The molecule has 1 fully saturated rings. The van der Waals surface area contributed by atoms with E-state index in [-0.39, 0.29) is 5.56 Å². The molecule has 0 amide bonds. The van der Waals surface area contributed by atoms with Crippen molar-refractivity contribution < 1.29 is 4.21 Å². The van der Waals surface area contributed by atoms with Crippen molar-refractivity contribution in [1.29, 1.82) is 0 Å². The molecule has 3 aromatic rings. The summed E-state index contributed by atoms with van der Waals surface area (Å²) in [7, 11) is 0.758. The van der Waals surface area contributed by atoms with Crippen LogP contribution in [0.2, 0.25) is 0 Å². The molecule has 0 saturated heterocycles. The number of fused-ring (bicyclic) bond motifs is 1. The molecular formula is C21H24N2O2S. The third-order valence-electron chi connectivity index (χ3n) is 5.33. The number of hydrogen-bond donors (Lipinski definition) is 0. The predicted molar refractivity (Wildman–Crippen MR) is 107 cm³/mol. The molecule has 0 spiro atoms. The van der Waals surface area contributed by atoms with Gasteiger partial charge in [0.2, 0.25) is 0 Å². The lowest BCUT2D eigenvalue weighted by atomic mass is 10.1. The molecule has 1 aromatic carbocycles. The SMILES string of the molecule is Cc1cc(-c2cc3c(S(C)=O)cccc3n2CCC2CC2)cn(C)c1=O. The molecule has 1 aliphatic carbocycles. The Balaban J connectivity index is 1.94. The number of benzene rings is 1. The fraction of sp³-hybridized carbons (Fsp3) is 0.381. The molecule has 4 rings (SSSR count). The van der Waals surface area contributed by atoms with Gasteiger partial charge in [-0.05, 0) is 43.5 Å². The maximum atomic E-state index is 12.2. The van der Waals surface area contributed by atoms with Crippen LogP contribution in [0, 0.1) is 12.8 Å². The minimum Gasteiger partial charge on any atom is -0.340 e. The topological polar surface area (TPSA) is 44.0 Å². The number of aryl methyl sites for hydroxylation is 3. The smallest absolute Gasteiger partial charge is 0.253 e. The Hall–Kier alpha value is -2.14. The van der Waals surface area contributed by atoms with E-state index in [1.54, 1.807) is 17.9 Å². The van der Waals surface area contributed by atoms with Crippen LogP contribution in [0.4, 0.5) is 0 Å². The minimum absolute atomic E-state index is 0.0322. The van der Waals surface area contributed by atoms with E-state index in [9.17, 15) is 9.00 Å². The van der Waals surface area contributed by atoms with Gasteiger partial charge in [-0.25, -0.2) is 0 Å². The Bertz CT molecular complexity index is 1050. The molecule has 5 heteroatoms. The highest BCUT2D eigenvalue weighted by atomic mass is 32.2. The van der Waals surface area contributed by atoms with Gasteiger partial charge in [-0.2, -0.15) is 0 Å². The standard InChI is InChI=1S/C21H24N2O2S/c1-14-11-16(13-22(2)21(14)24)19-12-17-18(5-4-6-20(17)26(3)25)23(19)10-9-15-7-8-15/h4-6,11-13,15H,7-10H2,1-3H3. The summed E-state index contributed by atoms with van der Waals surface area (Å²) in [6.45, 7) is 2.81. The fourth-order valence-corrected chi connectivity index (χ4v) is 4.47. The summed E-state index contributed by atoms with van der Waals surface area (Å²) in [6.07, 6.45) is 7.46. The molecule has 1 atom stereocenters. The molecule has 0 aliphatic heterocycles. The Kier molecular flexibility index (Phi) is 4.35. The molecule has 0 bridgehead atoms. The van der Waals surface area contributed by atoms with Crippen molar-refractivity contribution in [3.8, 4) is 11.3 Å². The second-order valence-electron chi connectivity index (χ2n) is 7.38. The zero-order valence-electron chi connectivity index (χ0n) is 15.5. The van der Waals surface area contributed by atoms with Crippen LogP contribution in [0.25, 0.3) is 22.2 Å². The first-order valence-corrected chi connectivity index (χ1v) is 10.6. The van der Waals surface area contributed by atoms with Gasteiger partial charge in [0.05, 0.1) is 16.5 Å². The molecule has 1 aliphatic rings. The van der Waals surface area contributed by atoms with Crippen LogP contribution in [-0.2, 0) is 24.4 Å². The van der Waals surface area contributed by atoms with Crippen molar-refractivity contribution in [2.75, 3.05) is 6.26 Å². The van der Waals surface area contributed by atoms with Gasteiger partial charge in [-0.1, -0.05) is 18.9 Å². The van der Waals surface area contributed by atoms with Crippen LogP contribution in [0.1, 0.15) is 24.8 Å². The Morgan fingerprint density at radius 1 is 1.23 bits per heavy atom. The normalized spacial score (nSPS) is 15.5. The van der Waals surface area contributed by atoms with Crippen molar-refractivity contribution in [2.45, 2.75) is 37.6 Å². The van der Waals surface area contributed by atoms with E-state index in [1.807, 2.05) is 31.3 Å². The molecule has 26 heavy (non-hydrogen) atoms. The second-order valence-corrected chi connectivity index (χ2v) is 8.73. The van der Waals surface area contributed by atoms with Crippen molar-refractivity contribution in [3.63, 3.8) is 0 Å². The lowest BCUT2D eigenvalue weighted by Gasteiger charge is -2.12. The largest absolute Gasteiger partial charge is 0.340 e. The first-order chi connectivity index (χ1) is 12.5. The summed E-state index contributed by atoms with van der Waals surface area (Å²) in [6, 6.07) is 10.1. The lowest BCUT2D eigenvalue weighted by molar-refractivity contribution is 0.614. The molecule has 0 N–H and O–H groups in total. The summed E-state index contributed by atoms with van der Waals surface area (Å²) in [5.74, 6) is 0.839. The average molecular weight is 369 g/mol. The highest BCUT2D eigenvalue weighted by Crippen LogP contribution is 2.36. The maximum Gasteiger partial charge on any atom is 0.253 e. The van der Waals surface area contributed by atoms with Gasteiger partial charge in [-0.15, -0.1) is 0 Å². The van der Waals surface area contributed by atoms with E-state index in [4.69, 9.17) is 0 Å². The van der Waals surface area contributed by atoms with Gasteiger partial charge in [0.15, 0.2) is 0 Å². The monoisotopic (exact) mass is 368 g/mol. The molecule has 2 aromatic heterocycles. The lowest BCUT2D eigenvalue weighted by Crippen LogP contribution is -2.18. The zero-order chi connectivity index (χ0) is 18.4. The molecule has 1 saturated carbocycles. The summed E-state index contributed by atoms with van der Waals surface area (Å²) in [4.78, 5) is 13.0. The zero-order valence-corrected chi connectivity index (χ0v) is 16.3. The van der Waals surface area contributed by atoms with Gasteiger partial charge < -0.3 is 9.13 Å². The minimum atomic E-state index is -1.04. The predicted octanol–water partition coefficient (Wildman–Crippen LogP) is 3.85. The summed E-state index contributed by atoms with van der Waals surface area (Å²) >= 11 is 0. The van der Waals surface area contributed by atoms with Crippen molar-refractivity contribution in [3.05, 3.63) is 52.4 Å². The van der Waals surface area contributed by atoms with Gasteiger partial charge in [0, 0.05) is 53.0 Å². The highest BCUT2D eigenvalue weighted by Gasteiger charge is 2.22. The summed E-state index contributed by atoms with van der Waals surface area (Å²) in [5, 5.41) is 1.05. The van der Waals surface area contributed by atoms with Gasteiger partial charge >= 0.3 is 0 Å². The van der Waals surface area contributed by atoms with E-state index in [2.05, 4.69) is 16.7 Å². The van der Waals surface area contributed by atoms with Crippen LogP contribution in [0.5, 0.6) is 0 Å². The van der Waals surface area contributed by atoms with Crippen LogP contribution in [0.3, 0.4) is 0 Å². The van der Waals surface area contributed by atoms with E-state index < -0.39 is 10.8 Å². The van der Waals surface area contributed by atoms with E-state index >= 15 is 0 Å². The van der Waals surface area contributed by atoms with Crippen molar-refractivity contribution in [1.82, 2.24) is 9.13 Å². The van der Waals surface area contributed by atoms with Crippen LogP contribution >= 0.6 is 0 Å². The third kappa shape index (κ3) is 3.05. The number of nitrogens with zero attached hydrogens (tertiary/aromatic N) is 2. The number of hydrogen-bond acceptors (Lipinski definition) is 2. The Morgan fingerprint density at radius 3 is 2.65 bits per heavy atom. The molecule has 136 valence electrons. The van der Waals surface area contributed by atoms with Gasteiger partial charge in [0.1, 0.15) is 0 Å². The Morgan fingerprint density at radius 2 is 2.00 bits per heavy atom. The molecule has 4 nitrogen and oxygen atoms in total. The maximum absolute atomic E-state index is 12.2. The molecule has 0 radical (unpaired) electrons. The first kappa shape index (κ1) is 17.3. The number of aromatic nitrogens is 2. The van der Waals surface area contributed by atoms with Crippen LogP contribution in [-0.4, -0.2) is 19.6 Å². The van der Waals surface area contributed by atoms with E-state index in [1.165, 1.54) is 19.3 Å². The number of rotatable bonds is 5. The Labute approximate surface area is 155 Å². The quantitative estimate of drug-likeness (QED) is 0.686. The van der Waals surface area contributed by atoms with E-state index in [0.717, 1.165) is 45.1 Å². The summed E-state index contributed by atoms with van der Waals surface area (Å²) < 4.78 is 16.2. The fourth-order valence-electron chi connectivity index (χ4n) is 3.72. The summed E-state index contributed by atoms with van der Waals surface area (Å²) in [5.41, 5.74) is 4.02. The van der Waals surface area contributed by atoms with Crippen molar-refractivity contribution >= 4 is 21.7 Å². The van der Waals surface area contributed by atoms with E-state index in [0.29, 0.717) is 0 Å². The number of pyridine rings is 1. The molecule has 2 heterocycles. The average Bonchev–Trinajstić information content (AvgIpc) is 3.36. The van der Waals surface area contributed by atoms with Crippen LogP contribution in [0.15, 0.2) is 46.2 Å². The van der Waals surface area contributed by atoms with Crippen molar-refractivity contribution in [2.24, 2.45) is 13.0 Å². The molecular weight excluding hydrogens is 344 g/mol. The third-order valence-corrected chi connectivity index (χ3v) is 6.31. The van der Waals surface area contributed by atoms with Gasteiger partial charge in [0.25, 0.3) is 5.56 Å². The van der Waals surface area contributed by atoms with Gasteiger partial charge in [-0.3, -0.25) is 9.00 Å².